The maximum Gasteiger partial charge on any atom is 0.255 e. The van der Waals surface area contributed by atoms with Crippen LogP contribution in [0.1, 0.15) is 24.2 Å². The van der Waals surface area contributed by atoms with Gasteiger partial charge in [0.1, 0.15) is 0 Å². The van der Waals surface area contributed by atoms with Gasteiger partial charge in [-0.3, -0.25) is 4.79 Å². The van der Waals surface area contributed by atoms with Gasteiger partial charge >= 0.3 is 0 Å². The number of anilines is 1. The number of rotatable bonds is 5. The van der Waals surface area contributed by atoms with Gasteiger partial charge in [0.25, 0.3) is 5.91 Å². The number of nitrogens with zero attached hydrogens (tertiary/aromatic N) is 1. The summed E-state index contributed by atoms with van der Waals surface area (Å²) in [4.78, 5) is 13.7. The predicted molar refractivity (Wildman–Crippen MR) is 73.9 cm³/mol. The summed E-state index contributed by atoms with van der Waals surface area (Å²) in [7, 11) is 1.71. The molecule has 1 aromatic carbocycles. The van der Waals surface area contributed by atoms with Crippen LogP contribution in [0.3, 0.4) is 0 Å². The van der Waals surface area contributed by atoms with E-state index < -0.39 is 0 Å². The Morgan fingerprint density at radius 2 is 2.17 bits per heavy atom. The summed E-state index contributed by atoms with van der Waals surface area (Å²) in [5.41, 5.74) is 6.59. The van der Waals surface area contributed by atoms with Crippen LogP contribution in [0, 0.1) is 0 Å². The summed E-state index contributed by atoms with van der Waals surface area (Å²) < 4.78 is 5.40. The summed E-state index contributed by atoms with van der Waals surface area (Å²) in [6.07, 6.45) is 0.157. The maximum absolute atomic E-state index is 12.1. The van der Waals surface area contributed by atoms with Gasteiger partial charge in [-0.15, -0.1) is 0 Å². The highest BCUT2D eigenvalue weighted by Crippen LogP contribution is 2.20. The van der Waals surface area contributed by atoms with Crippen LogP contribution in [-0.2, 0) is 4.74 Å². The van der Waals surface area contributed by atoms with E-state index >= 15 is 0 Å². The predicted octanol–water partition coefficient (Wildman–Crippen LogP) is 2.42. The van der Waals surface area contributed by atoms with Gasteiger partial charge in [0.15, 0.2) is 0 Å². The van der Waals surface area contributed by atoms with Crippen molar-refractivity contribution < 1.29 is 9.53 Å². The number of halogens is 1. The summed E-state index contributed by atoms with van der Waals surface area (Å²) in [6, 6.07) is 4.88. The second kappa shape index (κ2) is 6.61. The van der Waals surface area contributed by atoms with E-state index in [0.717, 1.165) is 0 Å². The van der Waals surface area contributed by atoms with Crippen LogP contribution in [0.25, 0.3) is 0 Å². The number of nitrogens with two attached hydrogens (primary N) is 1. The normalized spacial score (nSPS) is 10.7. The zero-order chi connectivity index (χ0) is 13.7. The molecule has 4 nitrogen and oxygen atoms in total. The summed E-state index contributed by atoms with van der Waals surface area (Å²) in [5.74, 6) is -0.153. The molecular weight excluding hydrogens is 252 g/mol. The highest BCUT2D eigenvalue weighted by molar-refractivity contribution is 6.33. The van der Waals surface area contributed by atoms with E-state index in [0.29, 0.717) is 29.4 Å². The molecule has 0 aliphatic heterocycles. The first kappa shape index (κ1) is 14.8. The first-order valence-electron chi connectivity index (χ1n) is 5.84. The van der Waals surface area contributed by atoms with Crippen LogP contribution in [-0.4, -0.2) is 37.1 Å². The van der Waals surface area contributed by atoms with Gasteiger partial charge in [-0.1, -0.05) is 11.6 Å². The van der Waals surface area contributed by atoms with Crippen molar-refractivity contribution >= 4 is 23.2 Å². The largest absolute Gasteiger partial charge is 0.399 e. The van der Waals surface area contributed by atoms with Gasteiger partial charge in [0.2, 0.25) is 0 Å². The number of carbonyl (C=O) groups is 1. The fraction of sp³-hybridized carbons (Fsp3) is 0.462. The Kier molecular flexibility index (Phi) is 5.44. The molecule has 0 saturated carbocycles. The lowest BCUT2D eigenvalue weighted by Crippen LogP contribution is -2.31. The van der Waals surface area contributed by atoms with Crippen LogP contribution in [0.15, 0.2) is 18.2 Å². The number of hydrogen-bond donors (Lipinski definition) is 1. The fourth-order valence-electron chi connectivity index (χ4n) is 1.44. The zero-order valence-corrected chi connectivity index (χ0v) is 11.7. The molecule has 100 valence electrons. The van der Waals surface area contributed by atoms with Crippen molar-refractivity contribution in [3.63, 3.8) is 0 Å². The van der Waals surface area contributed by atoms with Crippen LogP contribution in [0.4, 0.5) is 5.69 Å². The first-order valence-corrected chi connectivity index (χ1v) is 6.21. The lowest BCUT2D eigenvalue weighted by molar-refractivity contribution is 0.0532. The van der Waals surface area contributed by atoms with Crippen LogP contribution >= 0.6 is 11.6 Å². The Morgan fingerprint density at radius 1 is 1.50 bits per heavy atom. The molecule has 0 bridgehead atoms. The zero-order valence-electron chi connectivity index (χ0n) is 10.9. The van der Waals surface area contributed by atoms with Gasteiger partial charge in [-0.2, -0.15) is 0 Å². The van der Waals surface area contributed by atoms with Crippen molar-refractivity contribution in [3.05, 3.63) is 28.8 Å². The Morgan fingerprint density at radius 3 is 2.78 bits per heavy atom. The summed E-state index contributed by atoms with van der Waals surface area (Å²) in [6.45, 7) is 4.93. The molecule has 18 heavy (non-hydrogen) atoms. The highest BCUT2D eigenvalue weighted by Gasteiger charge is 2.15. The Hall–Kier alpha value is -1.26. The minimum atomic E-state index is -0.153. The van der Waals surface area contributed by atoms with Gasteiger partial charge < -0.3 is 15.4 Å². The lowest BCUT2D eigenvalue weighted by atomic mass is 10.2. The number of amides is 1. The average molecular weight is 271 g/mol. The second-order valence-corrected chi connectivity index (χ2v) is 4.79. The number of benzene rings is 1. The Balaban J connectivity index is 2.65. The standard InChI is InChI=1S/C13H19ClN2O2/c1-9(2)18-7-6-16(3)13(17)11-8-10(15)4-5-12(11)14/h4-5,8-9H,6-7,15H2,1-3H3. The molecule has 0 saturated heterocycles. The first-order chi connectivity index (χ1) is 8.41. The van der Waals surface area contributed by atoms with E-state index in [1.807, 2.05) is 13.8 Å². The SMILES string of the molecule is CC(C)OCCN(C)C(=O)c1cc(N)ccc1Cl. The minimum Gasteiger partial charge on any atom is -0.399 e. The number of carbonyl (C=O) groups excluding carboxylic acids is 1. The third kappa shape index (κ3) is 4.20. The van der Waals surface area contributed by atoms with Gasteiger partial charge in [-0.25, -0.2) is 0 Å². The van der Waals surface area contributed by atoms with Crippen molar-refractivity contribution in [2.75, 3.05) is 25.9 Å². The molecule has 0 atom stereocenters. The second-order valence-electron chi connectivity index (χ2n) is 4.39. The molecule has 0 unspecified atom stereocenters. The van der Waals surface area contributed by atoms with Crippen LogP contribution in [0.5, 0.6) is 0 Å². The van der Waals surface area contributed by atoms with E-state index in [1.165, 1.54) is 0 Å². The van der Waals surface area contributed by atoms with Gasteiger partial charge in [0.05, 0.1) is 23.3 Å². The molecule has 1 aromatic rings. The molecule has 0 radical (unpaired) electrons. The van der Waals surface area contributed by atoms with E-state index in [9.17, 15) is 4.79 Å². The van der Waals surface area contributed by atoms with E-state index in [4.69, 9.17) is 22.1 Å². The smallest absolute Gasteiger partial charge is 0.255 e. The molecule has 0 aliphatic carbocycles. The number of ether oxygens (including phenoxy) is 1. The number of hydrogen-bond acceptors (Lipinski definition) is 3. The van der Waals surface area contributed by atoms with Crippen molar-refractivity contribution in [2.24, 2.45) is 0 Å². The maximum atomic E-state index is 12.1. The van der Waals surface area contributed by atoms with Gasteiger partial charge in [0, 0.05) is 19.3 Å². The Bertz CT molecular complexity index is 421. The lowest BCUT2D eigenvalue weighted by Gasteiger charge is -2.19. The fourth-order valence-corrected chi connectivity index (χ4v) is 1.64. The topological polar surface area (TPSA) is 55.6 Å². The molecule has 2 N–H and O–H groups in total. The molecule has 0 spiro atoms. The third-order valence-electron chi connectivity index (χ3n) is 2.45. The van der Waals surface area contributed by atoms with E-state index in [-0.39, 0.29) is 12.0 Å². The van der Waals surface area contributed by atoms with Crippen molar-refractivity contribution in [1.29, 1.82) is 0 Å². The molecule has 1 amide bonds. The van der Waals surface area contributed by atoms with E-state index in [2.05, 4.69) is 0 Å². The molecule has 5 heteroatoms. The Labute approximate surface area is 113 Å². The third-order valence-corrected chi connectivity index (χ3v) is 2.77. The van der Waals surface area contributed by atoms with Crippen LogP contribution < -0.4 is 5.73 Å². The molecule has 1 rings (SSSR count). The van der Waals surface area contributed by atoms with E-state index in [1.54, 1.807) is 30.1 Å². The molecular formula is C13H19ClN2O2. The number of nitrogen functional groups attached to an aromatic ring is 1. The van der Waals surface area contributed by atoms with Crippen molar-refractivity contribution in [1.82, 2.24) is 4.90 Å². The molecule has 0 heterocycles. The summed E-state index contributed by atoms with van der Waals surface area (Å²) >= 11 is 5.99. The quantitative estimate of drug-likeness (QED) is 0.836. The monoisotopic (exact) mass is 270 g/mol. The van der Waals surface area contributed by atoms with Crippen LogP contribution in [0.2, 0.25) is 5.02 Å². The van der Waals surface area contributed by atoms with Crippen molar-refractivity contribution in [3.8, 4) is 0 Å². The molecule has 0 aliphatic rings. The number of likely N-dealkylation sites (N-methyl/N-ethyl adjacent to an activating group) is 1. The summed E-state index contributed by atoms with van der Waals surface area (Å²) in [5, 5.41) is 0.408. The molecule has 0 fully saturated rings. The molecule has 0 aromatic heterocycles. The van der Waals surface area contributed by atoms with Gasteiger partial charge in [-0.05, 0) is 32.0 Å². The highest BCUT2D eigenvalue weighted by atomic mass is 35.5. The minimum absolute atomic E-state index is 0.153. The van der Waals surface area contributed by atoms with Crippen molar-refractivity contribution in [2.45, 2.75) is 20.0 Å². The average Bonchev–Trinajstić information content (AvgIpc) is 2.30.